The van der Waals surface area contributed by atoms with Crippen LogP contribution in [-0.2, 0) is 4.79 Å². The highest BCUT2D eigenvalue weighted by molar-refractivity contribution is 6.30. The second-order valence-electron chi connectivity index (χ2n) is 3.99. The van der Waals surface area contributed by atoms with Crippen LogP contribution < -0.4 is 11.5 Å². The molecule has 0 spiro atoms. The highest BCUT2D eigenvalue weighted by Gasteiger charge is 2.14. The van der Waals surface area contributed by atoms with Gasteiger partial charge in [-0.3, -0.25) is 4.79 Å². The maximum Gasteiger partial charge on any atom is 0.219 e. The molecule has 1 heterocycles. The van der Waals surface area contributed by atoms with E-state index >= 15 is 0 Å². The summed E-state index contributed by atoms with van der Waals surface area (Å²) in [4.78, 5) is 10.8. The molecule has 1 amide bonds. The summed E-state index contributed by atoms with van der Waals surface area (Å²) in [6, 6.07) is 10.3. The zero-order chi connectivity index (χ0) is 13.1. The number of rotatable bonds is 4. The topological polar surface area (TPSA) is 82.2 Å². The Kier molecular flexibility index (Phi) is 3.69. The van der Waals surface area contributed by atoms with E-state index < -0.39 is 11.9 Å². The van der Waals surface area contributed by atoms with Gasteiger partial charge in [-0.25, -0.2) is 0 Å². The summed E-state index contributed by atoms with van der Waals surface area (Å²) in [6.07, 6.45) is 0.0631. The number of primary amides is 1. The minimum Gasteiger partial charge on any atom is -0.459 e. The lowest BCUT2D eigenvalue weighted by Crippen LogP contribution is -2.20. The monoisotopic (exact) mass is 264 g/mol. The van der Waals surface area contributed by atoms with Gasteiger partial charge in [-0.2, -0.15) is 0 Å². The lowest BCUT2D eigenvalue weighted by atomic mass is 10.1. The van der Waals surface area contributed by atoms with E-state index in [1.54, 1.807) is 24.3 Å². The van der Waals surface area contributed by atoms with Gasteiger partial charge in [0.1, 0.15) is 11.5 Å². The first-order valence-electron chi connectivity index (χ1n) is 5.46. The molecule has 0 aliphatic rings. The van der Waals surface area contributed by atoms with E-state index in [1.165, 1.54) is 0 Å². The molecule has 0 radical (unpaired) electrons. The fraction of sp³-hybridized carbons (Fsp3) is 0.154. The summed E-state index contributed by atoms with van der Waals surface area (Å²) in [6.45, 7) is 0. The van der Waals surface area contributed by atoms with Crippen molar-refractivity contribution in [2.75, 3.05) is 0 Å². The molecule has 1 aromatic heterocycles. The fourth-order valence-corrected chi connectivity index (χ4v) is 1.76. The molecule has 0 aliphatic carbocycles. The van der Waals surface area contributed by atoms with Crippen molar-refractivity contribution in [3.8, 4) is 11.3 Å². The Morgan fingerprint density at radius 3 is 2.50 bits per heavy atom. The molecule has 0 aliphatic heterocycles. The predicted octanol–water partition coefficient (Wildman–Crippen LogP) is 2.48. The van der Waals surface area contributed by atoms with E-state index in [0.717, 1.165) is 5.56 Å². The second kappa shape index (κ2) is 5.25. The minimum absolute atomic E-state index is 0.0631. The maximum absolute atomic E-state index is 10.8. The van der Waals surface area contributed by atoms with Crippen molar-refractivity contribution in [1.82, 2.24) is 0 Å². The van der Waals surface area contributed by atoms with Gasteiger partial charge in [0.05, 0.1) is 6.04 Å². The molecule has 4 N–H and O–H groups in total. The Labute approximate surface area is 110 Å². The van der Waals surface area contributed by atoms with E-state index in [2.05, 4.69) is 0 Å². The Bertz CT molecular complexity index is 548. The van der Waals surface area contributed by atoms with Crippen LogP contribution in [0.3, 0.4) is 0 Å². The van der Waals surface area contributed by atoms with Gasteiger partial charge < -0.3 is 15.9 Å². The van der Waals surface area contributed by atoms with Crippen LogP contribution in [0.4, 0.5) is 0 Å². The lowest BCUT2D eigenvalue weighted by molar-refractivity contribution is -0.118. The highest BCUT2D eigenvalue weighted by Crippen LogP contribution is 2.26. The van der Waals surface area contributed by atoms with Crippen LogP contribution in [0.25, 0.3) is 11.3 Å². The van der Waals surface area contributed by atoms with Crippen LogP contribution in [0.2, 0.25) is 5.02 Å². The van der Waals surface area contributed by atoms with Gasteiger partial charge >= 0.3 is 0 Å². The summed E-state index contributed by atoms with van der Waals surface area (Å²) >= 11 is 5.81. The van der Waals surface area contributed by atoms with Crippen LogP contribution in [-0.4, -0.2) is 5.91 Å². The molecule has 94 valence electrons. The van der Waals surface area contributed by atoms with Crippen molar-refractivity contribution in [2.45, 2.75) is 12.5 Å². The Morgan fingerprint density at radius 2 is 1.89 bits per heavy atom. The molecular formula is C13H13ClN2O2. The first-order chi connectivity index (χ1) is 8.56. The maximum atomic E-state index is 10.8. The molecule has 0 bridgehead atoms. The molecule has 0 unspecified atom stereocenters. The van der Waals surface area contributed by atoms with Crippen LogP contribution in [0.15, 0.2) is 40.8 Å². The summed E-state index contributed by atoms with van der Waals surface area (Å²) < 4.78 is 5.60. The Balaban J connectivity index is 2.19. The molecule has 5 heteroatoms. The number of carbonyl (C=O) groups is 1. The standard InChI is InChI=1S/C13H13ClN2O2/c14-9-3-1-8(2-4-9)11-5-6-12(18-11)10(15)7-13(16)17/h1-6,10H,7,15H2,(H2,16,17)/t10-/m0/s1. The average Bonchev–Trinajstić information content (AvgIpc) is 2.78. The van der Waals surface area contributed by atoms with Gasteiger partial charge in [0.15, 0.2) is 0 Å². The van der Waals surface area contributed by atoms with Crippen molar-refractivity contribution in [3.63, 3.8) is 0 Å². The van der Waals surface area contributed by atoms with Crippen LogP contribution in [0.1, 0.15) is 18.2 Å². The number of halogens is 1. The SMILES string of the molecule is NC(=O)C[C@H](N)c1ccc(-c2ccc(Cl)cc2)o1. The largest absolute Gasteiger partial charge is 0.459 e. The fourth-order valence-electron chi connectivity index (χ4n) is 1.64. The number of benzene rings is 1. The zero-order valence-corrected chi connectivity index (χ0v) is 10.4. The summed E-state index contributed by atoms with van der Waals surface area (Å²) in [5.41, 5.74) is 11.8. The van der Waals surface area contributed by atoms with E-state index in [4.69, 9.17) is 27.5 Å². The molecule has 4 nitrogen and oxygen atoms in total. The quantitative estimate of drug-likeness (QED) is 0.890. The first kappa shape index (κ1) is 12.7. The molecule has 2 rings (SSSR count). The van der Waals surface area contributed by atoms with Gasteiger partial charge in [-0.15, -0.1) is 0 Å². The number of furan rings is 1. The zero-order valence-electron chi connectivity index (χ0n) is 9.60. The molecule has 0 fully saturated rings. The predicted molar refractivity (Wildman–Crippen MR) is 69.9 cm³/mol. The van der Waals surface area contributed by atoms with Crippen molar-refractivity contribution >= 4 is 17.5 Å². The van der Waals surface area contributed by atoms with Gasteiger partial charge in [0.2, 0.25) is 5.91 Å². The molecule has 18 heavy (non-hydrogen) atoms. The minimum atomic E-state index is -0.511. The normalized spacial score (nSPS) is 12.3. The van der Waals surface area contributed by atoms with Gasteiger partial charge in [-0.05, 0) is 36.4 Å². The molecular weight excluding hydrogens is 252 g/mol. The van der Waals surface area contributed by atoms with Crippen LogP contribution >= 0.6 is 11.6 Å². The third-order valence-corrected chi connectivity index (χ3v) is 2.79. The number of nitrogens with two attached hydrogens (primary N) is 2. The second-order valence-corrected chi connectivity index (χ2v) is 4.42. The molecule has 1 atom stereocenters. The van der Waals surface area contributed by atoms with Crippen molar-refractivity contribution in [1.29, 1.82) is 0 Å². The smallest absolute Gasteiger partial charge is 0.219 e. The summed E-state index contributed by atoms with van der Waals surface area (Å²) in [5.74, 6) is 0.771. The van der Waals surface area contributed by atoms with Crippen molar-refractivity contribution in [2.24, 2.45) is 11.5 Å². The highest BCUT2D eigenvalue weighted by atomic mass is 35.5. The van der Waals surface area contributed by atoms with Gasteiger partial charge in [0, 0.05) is 17.0 Å². The lowest BCUT2D eigenvalue weighted by Gasteiger charge is -2.05. The Morgan fingerprint density at radius 1 is 1.22 bits per heavy atom. The third-order valence-electron chi connectivity index (χ3n) is 2.54. The number of carbonyl (C=O) groups excluding carboxylic acids is 1. The molecule has 0 saturated carbocycles. The van der Waals surface area contributed by atoms with Crippen molar-refractivity contribution < 1.29 is 9.21 Å². The molecule has 0 saturated heterocycles. The number of hydrogen-bond donors (Lipinski definition) is 2. The molecule has 1 aromatic carbocycles. The average molecular weight is 265 g/mol. The summed E-state index contributed by atoms with van der Waals surface area (Å²) in [7, 11) is 0. The van der Waals surface area contributed by atoms with E-state index in [0.29, 0.717) is 16.5 Å². The number of amides is 1. The van der Waals surface area contributed by atoms with Crippen LogP contribution in [0.5, 0.6) is 0 Å². The third kappa shape index (κ3) is 2.91. The first-order valence-corrected chi connectivity index (χ1v) is 5.83. The summed E-state index contributed by atoms with van der Waals surface area (Å²) in [5, 5.41) is 0.663. The van der Waals surface area contributed by atoms with E-state index in [9.17, 15) is 4.79 Å². The number of hydrogen-bond acceptors (Lipinski definition) is 3. The van der Waals surface area contributed by atoms with Gasteiger partial charge in [0.25, 0.3) is 0 Å². The van der Waals surface area contributed by atoms with E-state index in [1.807, 2.05) is 12.1 Å². The van der Waals surface area contributed by atoms with Crippen LogP contribution in [0, 0.1) is 0 Å². The van der Waals surface area contributed by atoms with Gasteiger partial charge in [-0.1, -0.05) is 11.6 Å². The van der Waals surface area contributed by atoms with Crippen molar-refractivity contribution in [3.05, 3.63) is 47.2 Å². The molecule has 2 aromatic rings. The van der Waals surface area contributed by atoms with E-state index in [-0.39, 0.29) is 6.42 Å². The Hall–Kier alpha value is -1.78.